The molecule has 0 atom stereocenters. The van der Waals surface area contributed by atoms with Crippen LogP contribution in [0.2, 0.25) is 5.02 Å². The molecule has 0 fully saturated rings. The maximum Gasteiger partial charge on any atom is 0.147 e. The third-order valence-electron chi connectivity index (χ3n) is 2.46. The van der Waals surface area contributed by atoms with E-state index in [1.54, 1.807) is 24.3 Å². The van der Waals surface area contributed by atoms with E-state index in [-0.39, 0.29) is 18.1 Å². The van der Waals surface area contributed by atoms with Gasteiger partial charge in [-0.1, -0.05) is 17.7 Å². The van der Waals surface area contributed by atoms with Gasteiger partial charge in [-0.05, 0) is 46.3 Å². The summed E-state index contributed by atoms with van der Waals surface area (Å²) in [6.07, 6.45) is 0. The van der Waals surface area contributed by atoms with Crippen molar-refractivity contribution in [1.29, 1.82) is 0 Å². The van der Waals surface area contributed by atoms with Gasteiger partial charge in [-0.25, -0.2) is 4.39 Å². The number of nitrogens with one attached hydrogen (secondary N) is 1. The van der Waals surface area contributed by atoms with Gasteiger partial charge in [-0.3, -0.25) is 0 Å². The van der Waals surface area contributed by atoms with E-state index in [9.17, 15) is 9.50 Å². The summed E-state index contributed by atoms with van der Waals surface area (Å²) in [6, 6.07) is 9.46. The van der Waals surface area contributed by atoms with Gasteiger partial charge in [0.05, 0.1) is 5.69 Å². The van der Waals surface area contributed by atoms with E-state index in [0.29, 0.717) is 20.7 Å². The van der Waals surface area contributed by atoms with Crippen molar-refractivity contribution in [3.05, 3.63) is 57.3 Å². The number of anilines is 1. The quantitative estimate of drug-likeness (QED) is 0.864. The maximum absolute atomic E-state index is 13.6. The predicted molar refractivity (Wildman–Crippen MR) is 74.5 cm³/mol. The molecule has 0 heterocycles. The molecule has 0 saturated heterocycles. The number of rotatable bonds is 3. The monoisotopic (exact) mass is 329 g/mol. The summed E-state index contributed by atoms with van der Waals surface area (Å²) < 4.78 is 14.2. The van der Waals surface area contributed by atoms with Crippen LogP contribution in [0.3, 0.4) is 0 Å². The summed E-state index contributed by atoms with van der Waals surface area (Å²) in [5.41, 5.74) is 0.967. The van der Waals surface area contributed by atoms with Crippen molar-refractivity contribution in [2.24, 2.45) is 0 Å². The highest BCUT2D eigenvalue weighted by Gasteiger charge is 2.07. The zero-order valence-electron chi connectivity index (χ0n) is 9.25. The fourth-order valence-electron chi connectivity index (χ4n) is 1.55. The molecule has 0 amide bonds. The number of aromatic hydroxyl groups is 1. The minimum Gasteiger partial charge on any atom is -0.508 e. The molecule has 5 heteroatoms. The lowest BCUT2D eigenvalue weighted by molar-refractivity contribution is 0.469. The molecule has 0 aliphatic carbocycles. The van der Waals surface area contributed by atoms with Crippen LogP contribution in [-0.2, 0) is 6.54 Å². The van der Waals surface area contributed by atoms with Crippen molar-refractivity contribution in [1.82, 2.24) is 0 Å². The van der Waals surface area contributed by atoms with Crippen LogP contribution in [0.5, 0.6) is 5.75 Å². The molecule has 2 rings (SSSR count). The Morgan fingerprint density at radius 1 is 1.28 bits per heavy atom. The highest BCUT2D eigenvalue weighted by Crippen LogP contribution is 2.27. The van der Waals surface area contributed by atoms with Gasteiger partial charge in [-0.15, -0.1) is 0 Å². The number of benzene rings is 2. The second-order valence-electron chi connectivity index (χ2n) is 3.72. The van der Waals surface area contributed by atoms with E-state index in [1.165, 1.54) is 12.1 Å². The Labute approximate surface area is 118 Å². The average molecular weight is 331 g/mol. The van der Waals surface area contributed by atoms with Gasteiger partial charge in [-0.2, -0.15) is 0 Å². The van der Waals surface area contributed by atoms with E-state index in [0.717, 1.165) is 0 Å². The SMILES string of the molecule is Oc1ccc(Cl)cc1CNc1c(F)cccc1Br. The normalized spacial score (nSPS) is 10.4. The third kappa shape index (κ3) is 2.94. The predicted octanol–water partition coefficient (Wildman–Crippen LogP) is 4.56. The smallest absolute Gasteiger partial charge is 0.147 e. The van der Waals surface area contributed by atoms with Crippen molar-refractivity contribution < 1.29 is 9.50 Å². The summed E-state index contributed by atoms with van der Waals surface area (Å²) in [5, 5.41) is 13.1. The van der Waals surface area contributed by atoms with Gasteiger partial charge in [0.2, 0.25) is 0 Å². The van der Waals surface area contributed by atoms with Crippen molar-refractivity contribution in [3.8, 4) is 5.75 Å². The minimum absolute atomic E-state index is 0.124. The average Bonchev–Trinajstić information content (AvgIpc) is 2.33. The first-order valence-corrected chi connectivity index (χ1v) is 6.40. The van der Waals surface area contributed by atoms with Crippen molar-refractivity contribution >= 4 is 33.2 Å². The van der Waals surface area contributed by atoms with Crippen molar-refractivity contribution in [2.75, 3.05) is 5.32 Å². The van der Waals surface area contributed by atoms with Crippen LogP contribution in [0.15, 0.2) is 40.9 Å². The number of hydrogen-bond acceptors (Lipinski definition) is 2. The van der Waals surface area contributed by atoms with Crippen LogP contribution in [0, 0.1) is 5.82 Å². The van der Waals surface area contributed by atoms with Crippen molar-refractivity contribution in [3.63, 3.8) is 0 Å². The van der Waals surface area contributed by atoms with Crippen LogP contribution in [-0.4, -0.2) is 5.11 Å². The van der Waals surface area contributed by atoms with E-state index in [4.69, 9.17) is 11.6 Å². The van der Waals surface area contributed by atoms with Gasteiger partial charge >= 0.3 is 0 Å². The standard InChI is InChI=1S/C13H10BrClFNO/c14-10-2-1-3-11(16)13(10)17-7-8-6-9(15)4-5-12(8)18/h1-6,17-18H,7H2. The molecule has 0 aliphatic heterocycles. The summed E-state index contributed by atoms with van der Waals surface area (Å²) in [6.45, 7) is 0.284. The molecule has 0 saturated carbocycles. The Bertz CT molecular complexity index is 557. The molecule has 2 N–H and O–H groups in total. The lowest BCUT2D eigenvalue weighted by Crippen LogP contribution is -2.02. The highest BCUT2D eigenvalue weighted by atomic mass is 79.9. The molecule has 0 aliphatic rings. The highest BCUT2D eigenvalue weighted by molar-refractivity contribution is 9.10. The van der Waals surface area contributed by atoms with E-state index < -0.39 is 0 Å². The Hall–Kier alpha value is -1.26. The number of hydrogen-bond donors (Lipinski definition) is 2. The molecule has 0 unspecified atom stereocenters. The lowest BCUT2D eigenvalue weighted by atomic mass is 10.2. The molecular weight excluding hydrogens is 321 g/mol. The number of phenols is 1. The summed E-state index contributed by atoms with van der Waals surface area (Å²) in [4.78, 5) is 0. The van der Waals surface area contributed by atoms with Crippen LogP contribution in [0.25, 0.3) is 0 Å². The van der Waals surface area contributed by atoms with Gasteiger partial charge in [0.15, 0.2) is 0 Å². The van der Waals surface area contributed by atoms with E-state index >= 15 is 0 Å². The Kier molecular flexibility index (Phi) is 4.09. The topological polar surface area (TPSA) is 32.3 Å². The van der Waals surface area contributed by atoms with Crippen LogP contribution in [0.1, 0.15) is 5.56 Å². The van der Waals surface area contributed by atoms with Crippen molar-refractivity contribution in [2.45, 2.75) is 6.54 Å². The fourth-order valence-corrected chi connectivity index (χ4v) is 2.22. The van der Waals surface area contributed by atoms with Crippen LogP contribution >= 0.6 is 27.5 Å². The Balaban J connectivity index is 2.19. The minimum atomic E-state index is -0.356. The lowest BCUT2D eigenvalue weighted by Gasteiger charge is -2.11. The van der Waals surface area contributed by atoms with Crippen LogP contribution in [0.4, 0.5) is 10.1 Å². The van der Waals surface area contributed by atoms with Gasteiger partial charge in [0.1, 0.15) is 11.6 Å². The molecule has 0 radical (unpaired) electrons. The molecule has 94 valence electrons. The summed E-state index contributed by atoms with van der Waals surface area (Å²) >= 11 is 9.10. The number of phenolic OH excluding ortho intramolecular Hbond substituents is 1. The molecule has 0 bridgehead atoms. The Morgan fingerprint density at radius 2 is 2.06 bits per heavy atom. The first-order chi connectivity index (χ1) is 8.58. The van der Waals surface area contributed by atoms with Gasteiger partial charge in [0, 0.05) is 21.6 Å². The summed E-state index contributed by atoms with van der Waals surface area (Å²) in [7, 11) is 0. The largest absolute Gasteiger partial charge is 0.508 e. The first kappa shape index (κ1) is 13.2. The molecule has 18 heavy (non-hydrogen) atoms. The summed E-state index contributed by atoms with van der Waals surface area (Å²) in [5.74, 6) is -0.231. The van der Waals surface area contributed by atoms with E-state index in [1.807, 2.05) is 0 Å². The molecular formula is C13H10BrClFNO. The third-order valence-corrected chi connectivity index (χ3v) is 3.36. The van der Waals surface area contributed by atoms with E-state index in [2.05, 4.69) is 21.2 Å². The fraction of sp³-hybridized carbons (Fsp3) is 0.0769. The van der Waals surface area contributed by atoms with Gasteiger partial charge in [0.25, 0.3) is 0 Å². The van der Waals surface area contributed by atoms with Gasteiger partial charge < -0.3 is 10.4 Å². The molecule has 0 aromatic heterocycles. The second-order valence-corrected chi connectivity index (χ2v) is 5.01. The number of halogens is 3. The maximum atomic E-state index is 13.6. The van der Waals surface area contributed by atoms with Crippen LogP contribution < -0.4 is 5.32 Å². The Morgan fingerprint density at radius 3 is 2.78 bits per heavy atom. The molecule has 2 nitrogen and oxygen atoms in total. The zero-order chi connectivity index (χ0) is 13.1. The first-order valence-electron chi connectivity index (χ1n) is 5.23. The second kappa shape index (κ2) is 5.59. The molecule has 2 aromatic carbocycles. The molecule has 2 aromatic rings. The number of para-hydroxylation sites is 1. The zero-order valence-corrected chi connectivity index (χ0v) is 11.6. The molecule has 0 spiro atoms.